The zero-order valence-corrected chi connectivity index (χ0v) is 20.6. The number of halogens is 1. The topological polar surface area (TPSA) is 82.3 Å². The van der Waals surface area contributed by atoms with Crippen LogP contribution in [0.1, 0.15) is 46.3 Å². The van der Waals surface area contributed by atoms with Crippen LogP contribution >= 0.6 is 24.0 Å². The highest BCUT2D eigenvalue weighted by atomic mass is 127. The predicted molar refractivity (Wildman–Crippen MR) is 128 cm³/mol. The number of rotatable bonds is 10. The molecule has 1 aromatic rings. The summed E-state index contributed by atoms with van der Waals surface area (Å²) in [5, 5.41) is 17.4. The summed E-state index contributed by atoms with van der Waals surface area (Å²) in [4.78, 5) is 7.15. The van der Waals surface area contributed by atoms with Crippen LogP contribution in [0.3, 0.4) is 0 Å². The first-order valence-corrected chi connectivity index (χ1v) is 10.6. The van der Waals surface area contributed by atoms with Crippen LogP contribution in [0.15, 0.2) is 27.8 Å². The Bertz CT molecular complexity index is 570. The Hall–Kier alpha value is -0.840. The summed E-state index contributed by atoms with van der Waals surface area (Å²) in [7, 11) is 0. The van der Waals surface area contributed by atoms with E-state index in [-0.39, 0.29) is 30.5 Å². The summed E-state index contributed by atoms with van der Waals surface area (Å²) in [5.41, 5.74) is -1.13. The molecule has 2 heterocycles. The maximum Gasteiger partial charge on any atom is 0.191 e. The van der Waals surface area contributed by atoms with Gasteiger partial charge in [-0.15, -0.1) is 24.0 Å². The van der Waals surface area contributed by atoms with Gasteiger partial charge in [0.1, 0.15) is 11.4 Å². The molecule has 168 valence electrons. The molecule has 1 aromatic heterocycles. The van der Waals surface area contributed by atoms with E-state index in [4.69, 9.17) is 9.15 Å². The Morgan fingerprint density at radius 3 is 2.48 bits per heavy atom. The van der Waals surface area contributed by atoms with Crippen molar-refractivity contribution in [2.45, 2.75) is 52.2 Å². The highest BCUT2D eigenvalue weighted by Crippen LogP contribution is 2.21. The van der Waals surface area contributed by atoms with Gasteiger partial charge in [-0.3, -0.25) is 4.90 Å². The van der Waals surface area contributed by atoms with Crippen LogP contribution in [0.5, 0.6) is 0 Å². The second-order valence-corrected chi connectivity index (χ2v) is 7.62. The van der Waals surface area contributed by atoms with Crippen LogP contribution in [0.25, 0.3) is 0 Å². The van der Waals surface area contributed by atoms with Gasteiger partial charge in [0.15, 0.2) is 5.96 Å². The van der Waals surface area contributed by atoms with Crippen molar-refractivity contribution >= 4 is 29.9 Å². The fourth-order valence-corrected chi connectivity index (χ4v) is 3.77. The molecule has 1 saturated heterocycles. The first kappa shape index (κ1) is 26.2. The number of furan rings is 1. The molecule has 1 aliphatic rings. The van der Waals surface area contributed by atoms with Crippen molar-refractivity contribution in [2.75, 3.05) is 45.9 Å². The van der Waals surface area contributed by atoms with E-state index in [1.807, 2.05) is 6.92 Å². The van der Waals surface area contributed by atoms with Gasteiger partial charge in [-0.2, -0.15) is 0 Å². The van der Waals surface area contributed by atoms with Gasteiger partial charge in [0.25, 0.3) is 0 Å². The molecule has 3 N–H and O–H groups in total. The lowest BCUT2D eigenvalue weighted by Crippen LogP contribution is -2.53. The molecular formula is C21H39IN4O3. The summed E-state index contributed by atoms with van der Waals surface area (Å²) in [6.45, 7) is 13.7. The monoisotopic (exact) mass is 522 g/mol. The summed E-state index contributed by atoms with van der Waals surface area (Å²) in [5.74, 6) is 1.87. The summed E-state index contributed by atoms with van der Waals surface area (Å²) < 4.78 is 10.9. The van der Waals surface area contributed by atoms with Crippen molar-refractivity contribution in [2.24, 2.45) is 10.9 Å². The summed E-state index contributed by atoms with van der Waals surface area (Å²) >= 11 is 0. The van der Waals surface area contributed by atoms with Gasteiger partial charge in [-0.1, -0.05) is 26.7 Å². The van der Waals surface area contributed by atoms with Crippen LogP contribution in [-0.2, 0) is 10.3 Å². The van der Waals surface area contributed by atoms with E-state index in [0.29, 0.717) is 17.7 Å². The molecule has 1 fully saturated rings. The predicted octanol–water partition coefficient (Wildman–Crippen LogP) is 2.80. The van der Waals surface area contributed by atoms with E-state index >= 15 is 0 Å². The van der Waals surface area contributed by atoms with E-state index in [1.54, 1.807) is 25.3 Å². The van der Waals surface area contributed by atoms with E-state index in [2.05, 4.69) is 34.4 Å². The molecular weight excluding hydrogens is 483 g/mol. The Kier molecular flexibility index (Phi) is 12.2. The van der Waals surface area contributed by atoms with E-state index in [0.717, 1.165) is 58.2 Å². The number of guanidine groups is 1. The van der Waals surface area contributed by atoms with Crippen molar-refractivity contribution in [3.63, 3.8) is 0 Å². The normalized spacial score (nSPS) is 18.8. The summed E-state index contributed by atoms with van der Waals surface area (Å²) in [6.07, 6.45) is 3.88. The Labute approximate surface area is 192 Å². The van der Waals surface area contributed by atoms with Crippen molar-refractivity contribution < 1.29 is 14.3 Å². The SMILES string of the molecule is CCNC(=NCC(C)(O)c1ccco1)NCC(C(CC)CC)N1CCOCC1.I. The third kappa shape index (κ3) is 8.07. The van der Waals surface area contributed by atoms with Crippen LogP contribution in [0.2, 0.25) is 0 Å². The highest BCUT2D eigenvalue weighted by molar-refractivity contribution is 14.0. The zero-order chi connectivity index (χ0) is 20.4. The van der Waals surface area contributed by atoms with Crippen molar-refractivity contribution in [1.82, 2.24) is 15.5 Å². The number of aliphatic imine (C=N–C) groups is 1. The lowest BCUT2D eigenvalue weighted by molar-refractivity contribution is 0.00269. The van der Waals surface area contributed by atoms with Gasteiger partial charge < -0.3 is 24.9 Å². The number of hydrogen-bond donors (Lipinski definition) is 3. The molecule has 0 radical (unpaired) electrons. The smallest absolute Gasteiger partial charge is 0.191 e. The molecule has 0 spiro atoms. The Morgan fingerprint density at radius 2 is 1.93 bits per heavy atom. The first-order valence-electron chi connectivity index (χ1n) is 10.6. The molecule has 7 nitrogen and oxygen atoms in total. The first-order chi connectivity index (χ1) is 13.5. The highest BCUT2D eigenvalue weighted by Gasteiger charge is 2.28. The molecule has 0 amide bonds. The van der Waals surface area contributed by atoms with Crippen molar-refractivity contribution in [3.05, 3.63) is 24.2 Å². The van der Waals surface area contributed by atoms with Crippen LogP contribution in [-0.4, -0.2) is 67.9 Å². The average molecular weight is 522 g/mol. The molecule has 0 aromatic carbocycles. The van der Waals surface area contributed by atoms with Crippen LogP contribution in [0.4, 0.5) is 0 Å². The number of nitrogens with zero attached hydrogens (tertiary/aromatic N) is 2. The van der Waals surface area contributed by atoms with Gasteiger partial charge in [0.2, 0.25) is 0 Å². The van der Waals surface area contributed by atoms with Crippen molar-refractivity contribution in [3.8, 4) is 0 Å². The quantitative estimate of drug-likeness (QED) is 0.249. The standard InChI is InChI=1S/C21H38N4O3.HI/c1-5-17(6-2)18(25-10-13-27-14-11-25)15-23-20(22-7-3)24-16-21(4,26)19-9-8-12-28-19;/h8-9,12,17-18,26H,5-7,10-11,13-16H2,1-4H3,(H2,22,23,24);1H. The largest absolute Gasteiger partial charge is 0.466 e. The van der Waals surface area contributed by atoms with Crippen LogP contribution < -0.4 is 10.6 Å². The molecule has 8 heteroatoms. The van der Waals surface area contributed by atoms with E-state index in [1.165, 1.54) is 0 Å². The van der Waals surface area contributed by atoms with Gasteiger partial charge in [0, 0.05) is 32.2 Å². The molecule has 1 aliphatic heterocycles. The average Bonchev–Trinajstić information content (AvgIpc) is 3.26. The number of nitrogens with one attached hydrogen (secondary N) is 2. The fraction of sp³-hybridized carbons (Fsp3) is 0.762. The van der Waals surface area contributed by atoms with E-state index in [9.17, 15) is 5.11 Å². The lowest BCUT2D eigenvalue weighted by Gasteiger charge is -2.39. The second kappa shape index (κ2) is 13.5. The minimum absolute atomic E-state index is 0. The maximum absolute atomic E-state index is 10.7. The molecule has 2 unspecified atom stereocenters. The Balaban J connectivity index is 0.00000420. The molecule has 0 bridgehead atoms. The minimum Gasteiger partial charge on any atom is -0.466 e. The fourth-order valence-electron chi connectivity index (χ4n) is 3.77. The molecule has 2 rings (SSSR count). The summed E-state index contributed by atoms with van der Waals surface area (Å²) in [6, 6.07) is 3.99. The third-order valence-corrected chi connectivity index (χ3v) is 5.53. The minimum atomic E-state index is -1.13. The van der Waals surface area contributed by atoms with Crippen molar-refractivity contribution in [1.29, 1.82) is 0 Å². The lowest BCUT2D eigenvalue weighted by atomic mass is 9.92. The van der Waals surface area contributed by atoms with Gasteiger partial charge in [-0.25, -0.2) is 4.99 Å². The third-order valence-electron chi connectivity index (χ3n) is 5.53. The second-order valence-electron chi connectivity index (χ2n) is 7.62. The Morgan fingerprint density at radius 1 is 1.24 bits per heavy atom. The zero-order valence-electron chi connectivity index (χ0n) is 18.3. The number of morpholine rings is 1. The van der Waals surface area contributed by atoms with Gasteiger partial charge >= 0.3 is 0 Å². The van der Waals surface area contributed by atoms with E-state index < -0.39 is 5.60 Å². The number of aliphatic hydroxyl groups is 1. The number of ether oxygens (including phenoxy) is 1. The van der Waals surface area contributed by atoms with Crippen LogP contribution in [0, 0.1) is 5.92 Å². The van der Waals surface area contributed by atoms with Gasteiger partial charge in [0.05, 0.1) is 26.0 Å². The molecule has 2 atom stereocenters. The molecule has 29 heavy (non-hydrogen) atoms. The van der Waals surface area contributed by atoms with Gasteiger partial charge in [-0.05, 0) is 31.9 Å². The molecule has 0 saturated carbocycles. The molecule has 0 aliphatic carbocycles. The maximum atomic E-state index is 10.7. The number of hydrogen-bond acceptors (Lipinski definition) is 5.